The van der Waals surface area contributed by atoms with Crippen LogP contribution in [0.1, 0.15) is 11.1 Å². The largest absolute Gasteiger partial charge is 0.484 e. The van der Waals surface area contributed by atoms with E-state index in [1.54, 1.807) is 46.9 Å². The summed E-state index contributed by atoms with van der Waals surface area (Å²) in [5.41, 5.74) is 14.1. The van der Waals surface area contributed by atoms with Gasteiger partial charge in [-0.25, -0.2) is 4.98 Å². The van der Waals surface area contributed by atoms with Crippen LogP contribution in [0.4, 0.5) is 5.82 Å². The maximum Gasteiger partial charge on any atom is 0.255 e. The Balaban J connectivity index is 2.00. The van der Waals surface area contributed by atoms with Crippen LogP contribution in [-0.4, -0.2) is 21.9 Å². The molecule has 0 unspecified atom stereocenters. The van der Waals surface area contributed by atoms with Gasteiger partial charge in [-0.3, -0.25) is 9.20 Å². The second-order valence-electron chi connectivity index (χ2n) is 6.39. The summed E-state index contributed by atoms with van der Waals surface area (Å²) in [7, 11) is 0. The van der Waals surface area contributed by atoms with Crippen molar-refractivity contribution in [3.8, 4) is 29.0 Å². The Morgan fingerprint density at radius 1 is 1.13 bits per heavy atom. The fourth-order valence-corrected chi connectivity index (χ4v) is 3.55. The van der Waals surface area contributed by atoms with Crippen molar-refractivity contribution in [2.24, 2.45) is 5.73 Å². The van der Waals surface area contributed by atoms with E-state index in [4.69, 9.17) is 27.8 Å². The molecular formula is C21H13ClN6O2. The second kappa shape index (κ2) is 7.28. The zero-order valence-corrected chi connectivity index (χ0v) is 16.1. The number of ether oxygens (including phenoxy) is 1. The van der Waals surface area contributed by atoms with Gasteiger partial charge in [0.15, 0.2) is 12.3 Å². The molecule has 1 amide bonds. The highest BCUT2D eigenvalue weighted by molar-refractivity contribution is 6.35. The Morgan fingerprint density at radius 3 is 2.47 bits per heavy atom. The van der Waals surface area contributed by atoms with Gasteiger partial charge in [-0.05, 0) is 29.8 Å². The lowest BCUT2D eigenvalue weighted by Gasteiger charge is -2.13. The molecule has 0 fully saturated rings. The Hall–Kier alpha value is -4.27. The van der Waals surface area contributed by atoms with Gasteiger partial charge in [0.05, 0.1) is 10.5 Å². The maximum atomic E-state index is 10.9. The number of hydrogen-bond acceptors (Lipinski definition) is 6. The lowest BCUT2D eigenvalue weighted by molar-refractivity contribution is -0.119. The van der Waals surface area contributed by atoms with E-state index in [2.05, 4.69) is 17.1 Å². The SMILES string of the molecule is N#Cc1c(-c2ccc(OCC(N)=O)cc2)c(C#N)c2nc3c(Cl)cccc3n2c1N. The number of nitrogens with zero attached hydrogens (tertiary/aromatic N) is 4. The summed E-state index contributed by atoms with van der Waals surface area (Å²) in [6, 6.07) is 16.0. The van der Waals surface area contributed by atoms with Crippen LogP contribution in [-0.2, 0) is 4.79 Å². The topological polar surface area (TPSA) is 143 Å². The maximum absolute atomic E-state index is 10.9. The van der Waals surface area contributed by atoms with Crippen LogP contribution >= 0.6 is 11.6 Å². The van der Waals surface area contributed by atoms with Gasteiger partial charge in [0.25, 0.3) is 5.91 Å². The van der Waals surface area contributed by atoms with Crippen LogP contribution in [0, 0.1) is 22.7 Å². The fraction of sp³-hybridized carbons (Fsp3) is 0.0476. The average Bonchev–Trinajstić information content (AvgIpc) is 3.14. The van der Waals surface area contributed by atoms with E-state index in [9.17, 15) is 15.3 Å². The second-order valence-corrected chi connectivity index (χ2v) is 6.80. The summed E-state index contributed by atoms with van der Waals surface area (Å²) in [4.78, 5) is 15.4. The summed E-state index contributed by atoms with van der Waals surface area (Å²) in [6.07, 6.45) is 0. The van der Waals surface area contributed by atoms with Gasteiger partial charge in [0.1, 0.15) is 40.3 Å². The monoisotopic (exact) mass is 416 g/mol. The average molecular weight is 417 g/mol. The Kier molecular flexibility index (Phi) is 4.63. The van der Waals surface area contributed by atoms with E-state index >= 15 is 0 Å². The normalized spacial score (nSPS) is 10.6. The van der Waals surface area contributed by atoms with Crippen LogP contribution in [0.3, 0.4) is 0 Å². The molecular weight excluding hydrogens is 404 g/mol. The van der Waals surface area contributed by atoms with E-state index in [-0.39, 0.29) is 23.6 Å². The molecule has 0 bridgehead atoms. The molecule has 0 spiro atoms. The third kappa shape index (κ3) is 2.93. The minimum Gasteiger partial charge on any atom is -0.484 e. The number of nitrogen functional groups attached to an aromatic ring is 1. The standard InChI is InChI=1S/C21H13ClN6O2/c22-15-2-1-3-16-19(15)27-21-14(9-24)18(13(8-23)20(26)28(16)21)11-4-6-12(7-5-11)30-10-17(25)29/h1-7H,10,26H2,(H2,25,29). The number of rotatable bonds is 4. The number of primary amides is 1. The predicted octanol–water partition coefficient (Wildman–Crippen LogP) is 3.00. The van der Waals surface area contributed by atoms with E-state index in [0.29, 0.717) is 38.6 Å². The van der Waals surface area contributed by atoms with Crippen molar-refractivity contribution < 1.29 is 9.53 Å². The molecule has 2 aromatic heterocycles. The Bertz CT molecular complexity index is 1410. The molecule has 146 valence electrons. The highest BCUT2D eigenvalue weighted by Gasteiger charge is 2.23. The van der Waals surface area contributed by atoms with Gasteiger partial charge in [-0.2, -0.15) is 10.5 Å². The smallest absolute Gasteiger partial charge is 0.255 e. The summed E-state index contributed by atoms with van der Waals surface area (Å²) < 4.78 is 6.82. The van der Waals surface area contributed by atoms with Crippen LogP contribution in [0.5, 0.6) is 5.75 Å². The minimum absolute atomic E-state index is 0.143. The number of halogens is 1. The van der Waals surface area contributed by atoms with Gasteiger partial charge in [-0.15, -0.1) is 0 Å². The number of pyridine rings is 1. The first-order chi connectivity index (χ1) is 14.5. The van der Waals surface area contributed by atoms with Crippen LogP contribution in [0.2, 0.25) is 5.02 Å². The molecule has 4 aromatic rings. The van der Waals surface area contributed by atoms with Crippen LogP contribution in [0.15, 0.2) is 42.5 Å². The lowest BCUT2D eigenvalue weighted by atomic mass is 9.96. The lowest BCUT2D eigenvalue weighted by Crippen LogP contribution is -2.19. The summed E-state index contributed by atoms with van der Waals surface area (Å²) in [5.74, 6) is -0.0249. The van der Waals surface area contributed by atoms with E-state index in [1.807, 2.05) is 0 Å². The number of imidazole rings is 1. The molecule has 4 N–H and O–H groups in total. The molecule has 2 aromatic carbocycles. The zero-order valence-electron chi connectivity index (χ0n) is 15.4. The number of nitriles is 2. The quantitative estimate of drug-likeness (QED) is 0.523. The molecule has 9 heteroatoms. The fourth-order valence-electron chi connectivity index (χ4n) is 3.33. The number of para-hydroxylation sites is 1. The predicted molar refractivity (Wildman–Crippen MR) is 112 cm³/mol. The third-order valence-electron chi connectivity index (χ3n) is 4.60. The highest BCUT2D eigenvalue weighted by Crippen LogP contribution is 2.37. The summed E-state index contributed by atoms with van der Waals surface area (Å²) in [5, 5.41) is 20.2. The molecule has 0 saturated heterocycles. The highest BCUT2D eigenvalue weighted by atomic mass is 35.5. The first-order valence-corrected chi connectivity index (χ1v) is 9.08. The van der Waals surface area contributed by atoms with Crippen molar-refractivity contribution in [1.29, 1.82) is 10.5 Å². The first-order valence-electron chi connectivity index (χ1n) is 8.70. The number of carbonyl (C=O) groups is 1. The van der Waals surface area contributed by atoms with Gasteiger partial charge in [0.2, 0.25) is 0 Å². The number of hydrogen-bond donors (Lipinski definition) is 2. The van der Waals surface area contributed by atoms with E-state index in [0.717, 1.165) is 0 Å². The van der Waals surface area contributed by atoms with Crippen molar-refractivity contribution in [3.63, 3.8) is 0 Å². The number of anilines is 1. The van der Waals surface area contributed by atoms with Crippen molar-refractivity contribution in [3.05, 3.63) is 58.6 Å². The van der Waals surface area contributed by atoms with Crippen molar-refractivity contribution in [2.45, 2.75) is 0 Å². The van der Waals surface area contributed by atoms with E-state index < -0.39 is 5.91 Å². The van der Waals surface area contributed by atoms with Crippen molar-refractivity contribution in [2.75, 3.05) is 12.3 Å². The Labute approximate surface area is 175 Å². The minimum atomic E-state index is -0.596. The van der Waals surface area contributed by atoms with E-state index in [1.165, 1.54) is 0 Å². The molecule has 0 aliphatic carbocycles. The number of aromatic nitrogens is 2. The van der Waals surface area contributed by atoms with Gasteiger partial charge in [0, 0.05) is 5.56 Å². The molecule has 0 aliphatic rings. The molecule has 4 rings (SSSR count). The van der Waals surface area contributed by atoms with Crippen molar-refractivity contribution >= 4 is 40.0 Å². The number of fused-ring (bicyclic) bond motifs is 3. The van der Waals surface area contributed by atoms with Gasteiger partial charge >= 0.3 is 0 Å². The molecule has 8 nitrogen and oxygen atoms in total. The van der Waals surface area contributed by atoms with Gasteiger partial charge in [-0.1, -0.05) is 29.8 Å². The first kappa shape index (κ1) is 19.1. The zero-order chi connectivity index (χ0) is 21.4. The number of benzene rings is 2. The number of nitrogens with two attached hydrogens (primary N) is 2. The molecule has 0 aliphatic heterocycles. The van der Waals surface area contributed by atoms with Crippen molar-refractivity contribution in [1.82, 2.24) is 9.38 Å². The van der Waals surface area contributed by atoms with Gasteiger partial charge < -0.3 is 16.2 Å². The number of amides is 1. The summed E-state index contributed by atoms with van der Waals surface area (Å²) in [6.45, 7) is -0.257. The van der Waals surface area contributed by atoms with Crippen LogP contribution < -0.4 is 16.2 Å². The third-order valence-corrected chi connectivity index (χ3v) is 4.91. The molecule has 2 heterocycles. The van der Waals surface area contributed by atoms with Crippen LogP contribution in [0.25, 0.3) is 27.8 Å². The molecule has 30 heavy (non-hydrogen) atoms. The molecule has 0 radical (unpaired) electrons. The molecule has 0 saturated carbocycles. The Morgan fingerprint density at radius 2 is 1.83 bits per heavy atom. The summed E-state index contributed by atoms with van der Waals surface area (Å²) >= 11 is 6.26. The molecule has 0 atom stereocenters. The number of carbonyl (C=O) groups excluding carboxylic acids is 1.